The first kappa shape index (κ1) is 14.0. The third-order valence-electron chi connectivity index (χ3n) is 5.02. The number of thiophene rings is 1. The van der Waals surface area contributed by atoms with Gasteiger partial charge in [0.25, 0.3) is 0 Å². The molecule has 0 spiro atoms. The maximum Gasteiger partial charge on any atom is 0.0385 e. The molecule has 0 aliphatic carbocycles. The zero-order valence-corrected chi connectivity index (χ0v) is 13.8. The quantitative estimate of drug-likeness (QED) is 0.910. The van der Waals surface area contributed by atoms with Crippen LogP contribution in [0.25, 0.3) is 0 Å². The van der Waals surface area contributed by atoms with Gasteiger partial charge in [-0.15, -0.1) is 11.3 Å². The van der Waals surface area contributed by atoms with E-state index in [1.807, 2.05) is 11.3 Å². The highest BCUT2D eigenvalue weighted by molar-refractivity contribution is 9.10. The molecule has 1 aromatic rings. The summed E-state index contributed by atoms with van der Waals surface area (Å²) in [6.07, 6.45) is 2.53. The number of hydrogen-bond donors (Lipinski definition) is 1. The van der Waals surface area contributed by atoms with Crippen molar-refractivity contribution >= 4 is 27.3 Å². The molecular weight excluding hydrogens is 322 g/mol. The largest absolute Gasteiger partial charge is 0.329 e. The predicted molar refractivity (Wildman–Crippen MR) is 84.4 cm³/mol. The Morgan fingerprint density at radius 1 is 1.58 bits per heavy atom. The lowest BCUT2D eigenvalue weighted by Crippen LogP contribution is -2.60. The minimum atomic E-state index is 0.212. The first-order valence-electron chi connectivity index (χ1n) is 7.00. The van der Waals surface area contributed by atoms with Crippen molar-refractivity contribution < 1.29 is 0 Å². The van der Waals surface area contributed by atoms with Gasteiger partial charge < -0.3 is 10.6 Å². The minimum absolute atomic E-state index is 0.212. The van der Waals surface area contributed by atoms with E-state index in [4.69, 9.17) is 5.73 Å². The van der Waals surface area contributed by atoms with Crippen LogP contribution < -0.4 is 5.73 Å². The van der Waals surface area contributed by atoms with Crippen molar-refractivity contribution in [2.24, 2.45) is 11.7 Å². The maximum absolute atomic E-state index is 6.22. The standard InChI is InChI=1S/C14H22BrN3S/c1-17(8-13-6-12(15)9-19-13)14(10-16)3-5-18-4-2-11(14)7-18/h6,9,11H,2-5,7-8,10,16H2,1H3. The summed E-state index contributed by atoms with van der Waals surface area (Å²) >= 11 is 5.37. The number of nitrogens with two attached hydrogens (primary N) is 1. The van der Waals surface area contributed by atoms with Crippen LogP contribution in [0.2, 0.25) is 0 Å². The third-order valence-corrected chi connectivity index (χ3v) is 6.70. The van der Waals surface area contributed by atoms with E-state index in [0.717, 1.165) is 19.0 Å². The molecule has 2 aliphatic heterocycles. The molecule has 106 valence electrons. The SMILES string of the molecule is CN(Cc1cc(Br)cs1)C1(CN)CCN2CCC1C2. The van der Waals surface area contributed by atoms with Gasteiger partial charge in [-0.1, -0.05) is 0 Å². The third kappa shape index (κ3) is 2.51. The van der Waals surface area contributed by atoms with Crippen molar-refractivity contribution in [2.45, 2.75) is 24.9 Å². The van der Waals surface area contributed by atoms with Gasteiger partial charge in [-0.3, -0.25) is 4.90 Å². The number of halogens is 1. The highest BCUT2D eigenvalue weighted by Gasteiger charge is 2.47. The van der Waals surface area contributed by atoms with E-state index in [-0.39, 0.29) is 5.54 Å². The van der Waals surface area contributed by atoms with Crippen LogP contribution in [0.1, 0.15) is 17.7 Å². The molecule has 2 N–H and O–H groups in total. The van der Waals surface area contributed by atoms with Crippen LogP contribution in [0.4, 0.5) is 0 Å². The van der Waals surface area contributed by atoms with Crippen LogP contribution in [0.15, 0.2) is 15.9 Å². The molecule has 19 heavy (non-hydrogen) atoms. The molecule has 3 rings (SSSR count). The van der Waals surface area contributed by atoms with Gasteiger partial charge in [-0.25, -0.2) is 0 Å². The molecule has 2 aliphatic rings. The fourth-order valence-corrected chi connectivity index (χ4v) is 5.29. The molecule has 0 amide bonds. The molecule has 0 saturated carbocycles. The Hall–Kier alpha value is 0.0600. The summed E-state index contributed by atoms with van der Waals surface area (Å²) < 4.78 is 1.19. The summed E-state index contributed by atoms with van der Waals surface area (Å²) in [4.78, 5) is 6.54. The summed E-state index contributed by atoms with van der Waals surface area (Å²) in [5.41, 5.74) is 6.43. The fraction of sp³-hybridized carbons (Fsp3) is 0.714. The van der Waals surface area contributed by atoms with Crippen LogP contribution in [0.3, 0.4) is 0 Å². The molecule has 2 saturated heterocycles. The lowest BCUT2D eigenvalue weighted by molar-refractivity contribution is 0.0219. The molecule has 3 atom stereocenters. The molecular formula is C14H22BrN3S. The number of hydrogen-bond acceptors (Lipinski definition) is 4. The number of piperidine rings is 1. The normalized spacial score (nSPS) is 34.1. The first-order chi connectivity index (χ1) is 9.14. The van der Waals surface area contributed by atoms with E-state index < -0.39 is 0 Å². The van der Waals surface area contributed by atoms with Crippen LogP contribution in [-0.4, -0.2) is 48.6 Å². The van der Waals surface area contributed by atoms with Gasteiger partial charge in [0.05, 0.1) is 0 Å². The minimum Gasteiger partial charge on any atom is -0.329 e. The van der Waals surface area contributed by atoms with Crippen molar-refractivity contribution in [1.29, 1.82) is 0 Å². The molecule has 1 aromatic heterocycles. The van der Waals surface area contributed by atoms with Gasteiger partial charge in [-0.2, -0.15) is 0 Å². The van der Waals surface area contributed by atoms with Crippen molar-refractivity contribution in [3.8, 4) is 0 Å². The van der Waals surface area contributed by atoms with Crippen LogP contribution in [0, 0.1) is 5.92 Å². The Bertz CT molecular complexity index is 450. The Morgan fingerprint density at radius 2 is 2.42 bits per heavy atom. The number of likely N-dealkylation sites (N-methyl/N-ethyl adjacent to an activating group) is 1. The Balaban J connectivity index is 1.77. The summed E-state index contributed by atoms with van der Waals surface area (Å²) in [5.74, 6) is 0.750. The summed E-state index contributed by atoms with van der Waals surface area (Å²) in [5, 5.41) is 2.16. The van der Waals surface area contributed by atoms with E-state index in [0.29, 0.717) is 0 Å². The van der Waals surface area contributed by atoms with E-state index >= 15 is 0 Å². The van der Waals surface area contributed by atoms with Gasteiger partial charge in [0.15, 0.2) is 0 Å². The molecule has 0 aromatic carbocycles. The number of nitrogens with zero attached hydrogens (tertiary/aromatic N) is 2. The van der Waals surface area contributed by atoms with Crippen molar-refractivity contribution in [1.82, 2.24) is 9.80 Å². The van der Waals surface area contributed by atoms with Crippen LogP contribution in [-0.2, 0) is 6.54 Å². The van der Waals surface area contributed by atoms with E-state index in [9.17, 15) is 0 Å². The molecule has 2 fully saturated rings. The second-order valence-electron chi connectivity index (χ2n) is 5.93. The lowest BCUT2D eigenvalue weighted by atomic mass is 9.77. The molecule has 3 unspecified atom stereocenters. The zero-order valence-electron chi connectivity index (χ0n) is 11.4. The molecule has 0 radical (unpaired) electrons. The van der Waals surface area contributed by atoms with Crippen LogP contribution in [0.5, 0.6) is 0 Å². The van der Waals surface area contributed by atoms with E-state index in [1.165, 1.54) is 41.8 Å². The van der Waals surface area contributed by atoms with Crippen LogP contribution >= 0.6 is 27.3 Å². The summed E-state index contributed by atoms with van der Waals surface area (Å²) in [7, 11) is 2.26. The van der Waals surface area contributed by atoms with Gasteiger partial charge in [-0.05, 0) is 60.9 Å². The molecule has 3 heterocycles. The fourth-order valence-electron chi connectivity index (χ4n) is 3.79. The van der Waals surface area contributed by atoms with Crippen molar-refractivity contribution in [3.05, 3.63) is 20.8 Å². The first-order valence-corrected chi connectivity index (χ1v) is 8.68. The topological polar surface area (TPSA) is 32.5 Å². The lowest BCUT2D eigenvalue weighted by Gasteiger charge is -2.48. The average Bonchev–Trinajstić information content (AvgIpc) is 2.98. The molecule has 5 heteroatoms. The summed E-state index contributed by atoms with van der Waals surface area (Å²) in [6.45, 7) is 5.53. The molecule has 3 nitrogen and oxygen atoms in total. The second kappa shape index (κ2) is 5.45. The smallest absolute Gasteiger partial charge is 0.0385 e. The highest BCUT2D eigenvalue weighted by atomic mass is 79.9. The predicted octanol–water partition coefficient (Wildman–Crippen LogP) is 2.37. The van der Waals surface area contributed by atoms with Crippen molar-refractivity contribution in [2.75, 3.05) is 33.2 Å². The van der Waals surface area contributed by atoms with E-state index in [2.05, 4.69) is 44.2 Å². The maximum atomic E-state index is 6.22. The zero-order chi connectivity index (χ0) is 13.5. The Morgan fingerprint density at radius 3 is 3.11 bits per heavy atom. The van der Waals surface area contributed by atoms with Gasteiger partial charge in [0.1, 0.15) is 0 Å². The Labute approximate surface area is 127 Å². The Kier molecular flexibility index (Phi) is 4.02. The monoisotopic (exact) mass is 343 g/mol. The van der Waals surface area contributed by atoms with Crippen molar-refractivity contribution in [3.63, 3.8) is 0 Å². The highest BCUT2D eigenvalue weighted by Crippen LogP contribution is 2.39. The number of rotatable bonds is 4. The number of fused-ring (bicyclic) bond motifs is 2. The molecule has 2 bridgehead atoms. The van der Waals surface area contributed by atoms with E-state index in [1.54, 1.807) is 0 Å². The van der Waals surface area contributed by atoms with Gasteiger partial charge >= 0.3 is 0 Å². The summed E-state index contributed by atoms with van der Waals surface area (Å²) in [6, 6.07) is 2.23. The second-order valence-corrected chi connectivity index (χ2v) is 7.84. The van der Waals surface area contributed by atoms with Gasteiger partial charge in [0, 0.05) is 39.9 Å². The van der Waals surface area contributed by atoms with Gasteiger partial charge in [0.2, 0.25) is 0 Å². The average molecular weight is 344 g/mol.